The Hall–Kier alpha value is -2.55. The summed E-state index contributed by atoms with van der Waals surface area (Å²) >= 11 is 0. The molecule has 6 fully saturated rings. The third-order valence-corrected chi connectivity index (χ3v) is 10.4. The van der Waals surface area contributed by atoms with E-state index in [-0.39, 0.29) is 42.6 Å². The van der Waals surface area contributed by atoms with Crippen LogP contribution in [-0.4, -0.2) is 64.2 Å². The Morgan fingerprint density at radius 1 is 0.947 bits per heavy atom. The molecule has 3 aliphatic carbocycles. The smallest absolute Gasteiger partial charge is 0.255 e. The van der Waals surface area contributed by atoms with Crippen LogP contribution in [0.15, 0.2) is 18.2 Å². The number of alkyl halides is 2. The van der Waals surface area contributed by atoms with Crippen molar-refractivity contribution in [2.45, 2.75) is 94.4 Å². The molecule has 0 radical (unpaired) electrons. The van der Waals surface area contributed by atoms with Crippen molar-refractivity contribution in [1.82, 2.24) is 15.1 Å². The summed E-state index contributed by atoms with van der Waals surface area (Å²) in [5, 5.41) is 2.43. The Bertz CT molecular complexity index is 1170. The van der Waals surface area contributed by atoms with E-state index >= 15 is 0 Å². The van der Waals surface area contributed by atoms with E-state index in [4.69, 9.17) is 4.74 Å². The molecule has 0 unspecified atom stereocenters. The number of hydrogen-bond donors (Lipinski definition) is 1. The number of benzene rings is 1. The van der Waals surface area contributed by atoms with Gasteiger partial charge in [-0.1, -0.05) is 6.42 Å². The molecule has 1 aromatic rings. The number of hydrogen-bond acceptors (Lipinski definition) is 5. The first-order chi connectivity index (χ1) is 18.2. The molecule has 3 saturated heterocycles. The van der Waals surface area contributed by atoms with Gasteiger partial charge in [0.15, 0.2) is 0 Å². The maximum absolute atomic E-state index is 13.6. The number of rotatable bonds is 5. The number of fused-ring (bicyclic) bond motifs is 3. The molecule has 38 heavy (non-hydrogen) atoms. The van der Waals surface area contributed by atoms with Gasteiger partial charge in [-0.15, -0.1) is 0 Å². The van der Waals surface area contributed by atoms with Gasteiger partial charge in [-0.2, -0.15) is 0 Å². The summed E-state index contributed by atoms with van der Waals surface area (Å²) in [4.78, 5) is 41.9. The minimum Gasteiger partial charge on any atom is -0.489 e. The molecule has 4 heterocycles. The maximum atomic E-state index is 13.6. The molecule has 4 aliphatic heterocycles. The Labute approximate surface area is 221 Å². The van der Waals surface area contributed by atoms with Gasteiger partial charge in [0.1, 0.15) is 17.4 Å². The van der Waals surface area contributed by atoms with E-state index in [0.717, 1.165) is 43.7 Å². The highest BCUT2D eigenvalue weighted by Crippen LogP contribution is 2.49. The van der Waals surface area contributed by atoms with Crippen LogP contribution in [0.25, 0.3) is 0 Å². The largest absolute Gasteiger partial charge is 0.489 e. The van der Waals surface area contributed by atoms with Gasteiger partial charge in [-0.3, -0.25) is 24.6 Å². The fourth-order valence-corrected chi connectivity index (χ4v) is 7.97. The average Bonchev–Trinajstić information content (AvgIpc) is 3.15. The number of imide groups is 1. The van der Waals surface area contributed by atoms with Crippen molar-refractivity contribution in [2.75, 3.05) is 13.1 Å². The van der Waals surface area contributed by atoms with E-state index in [1.165, 1.54) is 6.42 Å². The number of piperidine rings is 2. The van der Waals surface area contributed by atoms with Crippen molar-refractivity contribution in [2.24, 2.45) is 17.8 Å². The standard InChI is InChI=1S/C29H35F2N3O4/c30-29(31)9-7-17(8-10-29)20-14-33(15-20)23-3-1-2-4-24(23)38-21-5-6-22-18(11-21)16-34(26(22)36)28-12-19(13-28)25(35)32-27(28)37/h5-6,11,17,19-20,23-24H,1-4,7-10,12-16H2,(H,32,35,37)/t19?,23-,24-,28?/m0/s1. The molecular formula is C29H35F2N3O4. The SMILES string of the molecule is O=C1NC(=O)C2(N3Cc4cc(O[C@H]5CCCC[C@@H]5N5CC(C6CCC(F)(F)CC6)C5)ccc4C3=O)CC1C2. The molecule has 7 aliphatic rings. The number of nitrogens with one attached hydrogen (secondary N) is 1. The van der Waals surface area contributed by atoms with E-state index in [1.807, 2.05) is 18.2 Å². The second kappa shape index (κ2) is 8.73. The van der Waals surface area contributed by atoms with E-state index < -0.39 is 11.5 Å². The van der Waals surface area contributed by atoms with Crippen LogP contribution in [0.4, 0.5) is 8.78 Å². The quantitative estimate of drug-likeness (QED) is 0.588. The van der Waals surface area contributed by atoms with E-state index in [0.29, 0.717) is 55.7 Å². The Kier molecular flexibility index (Phi) is 5.63. The molecular weight excluding hydrogens is 492 g/mol. The number of carbonyl (C=O) groups is 3. The van der Waals surface area contributed by atoms with E-state index in [2.05, 4.69) is 10.2 Å². The van der Waals surface area contributed by atoms with Crippen LogP contribution in [0.3, 0.4) is 0 Å². The lowest BCUT2D eigenvalue weighted by molar-refractivity contribution is -0.160. The average molecular weight is 528 g/mol. The third-order valence-electron chi connectivity index (χ3n) is 10.4. The van der Waals surface area contributed by atoms with Crippen molar-refractivity contribution in [3.8, 4) is 5.75 Å². The van der Waals surface area contributed by atoms with Crippen molar-refractivity contribution in [1.29, 1.82) is 0 Å². The monoisotopic (exact) mass is 527 g/mol. The zero-order valence-corrected chi connectivity index (χ0v) is 21.6. The summed E-state index contributed by atoms with van der Waals surface area (Å²) in [6.45, 7) is 2.30. The second-order valence-electron chi connectivity index (χ2n) is 12.6. The summed E-state index contributed by atoms with van der Waals surface area (Å²) in [7, 11) is 0. The first kappa shape index (κ1) is 24.5. The predicted octanol–water partition coefficient (Wildman–Crippen LogP) is 3.89. The molecule has 9 heteroatoms. The first-order valence-corrected chi connectivity index (χ1v) is 14.3. The maximum Gasteiger partial charge on any atom is 0.255 e. The highest BCUT2D eigenvalue weighted by atomic mass is 19.3. The Morgan fingerprint density at radius 3 is 2.42 bits per heavy atom. The molecule has 3 amide bonds. The van der Waals surface area contributed by atoms with Crippen LogP contribution in [0, 0.1) is 17.8 Å². The highest BCUT2D eigenvalue weighted by molar-refractivity contribution is 6.10. The van der Waals surface area contributed by atoms with Crippen LogP contribution in [-0.2, 0) is 16.1 Å². The molecule has 1 N–H and O–H groups in total. The molecule has 3 saturated carbocycles. The minimum absolute atomic E-state index is 0.0338. The van der Waals surface area contributed by atoms with E-state index in [1.54, 1.807) is 4.90 Å². The summed E-state index contributed by atoms with van der Waals surface area (Å²) < 4.78 is 33.7. The lowest BCUT2D eigenvalue weighted by Gasteiger charge is -2.53. The number of ether oxygens (including phenoxy) is 1. The van der Waals surface area contributed by atoms with Crippen molar-refractivity contribution < 1.29 is 27.9 Å². The molecule has 2 bridgehead atoms. The third kappa shape index (κ3) is 3.87. The van der Waals surface area contributed by atoms with Gasteiger partial charge < -0.3 is 9.64 Å². The molecule has 2 atom stereocenters. The van der Waals surface area contributed by atoms with Crippen molar-refractivity contribution in [3.05, 3.63) is 29.3 Å². The van der Waals surface area contributed by atoms with Gasteiger partial charge in [-0.25, -0.2) is 8.78 Å². The lowest BCUT2D eigenvalue weighted by Crippen LogP contribution is -2.73. The fourth-order valence-electron chi connectivity index (χ4n) is 7.97. The summed E-state index contributed by atoms with van der Waals surface area (Å²) in [5.41, 5.74) is 0.552. The molecule has 7 nitrogen and oxygen atoms in total. The second-order valence-corrected chi connectivity index (χ2v) is 12.6. The van der Waals surface area contributed by atoms with Gasteiger partial charge in [0.2, 0.25) is 11.8 Å². The topological polar surface area (TPSA) is 79.0 Å². The van der Waals surface area contributed by atoms with Gasteiger partial charge >= 0.3 is 0 Å². The lowest BCUT2D eigenvalue weighted by atomic mass is 9.63. The van der Waals surface area contributed by atoms with E-state index in [9.17, 15) is 23.2 Å². The van der Waals surface area contributed by atoms with Crippen LogP contribution < -0.4 is 10.1 Å². The number of nitrogens with zero attached hydrogens (tertiary/aromatic N) is 2. The zero-order chi connectivity index (χ0) is 26.2. The van der Waals surface area contributed by atoms with Crippen LogP contribution in [0.2, 0.25) is 0 Å². The molecule has 204 valence electrons. The van der Waals surface area contributed by atoms with Crippen molar-refractivity contribution >= 4 is 17.7 Å². The zero-order valence-electron chi connectivity index (χ0n) is 21.6. The summed E-state index contributed by atoms with van der Waals surface area (Å²) in [5.74, 6) is -1.72. The van der Waals surface area contributed by atoms with Crippen LogP contribution in [0.1, 0.15) is 80.1 Å². The van der Waals surface area contributed by atoms with Crippen LogP contribution in [0.5, 0.6) is 5.75 Å². The molecule has 8 rings (SSSR count). The number of halogens is 2. The minimum atomic E-state index is -2.47. The number of amides is 3. The van der Waals surface area contributed by atoms with Crippen molar-refractivity contribution in [3.63, 3.8) is 0 Å². The summed E-state index contributed by atoms with van der Waals surface area (Å²) in [6, 6.07) is 5.94. The van der Waals surface area contributed by atoms with Gasteiger partial charge in [0.25, 0.3) is 11.8 Å². The molecule has 0 spiro atoms. The highest BCUT2D eigenvalue weighted by Gasteiger charge is 2.63. The molecule has 0 aromatic heterocycles. The molecule has 1 aromatic carbocycles. The number of carbonyl (C=O) groups excluding carboxylic acids is 3. The normalized spacial score (nSPS) is 35.4. The summed E-state index contributed by atoms with van der Waals surface area (Å²) in [6.07, 6.45) is 6.56. The van der Waals surface area contributed by atoms with Gasteiger partial charge in [0.05, 0.1) is 0 Å². The first-order valence-electron chi connectivity index (χ1n) is 14.3. The van der Waals surface area contributed by atoms with Crippen LogP contribution >= 0.6 is 0 Å². The van der Waals surface area contributed by atoms with Gasteiger partial charge in [-0.05, 0) is 80.5 Å². The predicted molar refractivity (Wildman–Crippen MR) is 134 cm³/mol. The Morgan fingerprint density at radius 2 is 1.68 bits per heavy atom. The van der Waals surface area contributed by atoms with Gasteiger partial charge in [0, 0.05) is 50.0 Å². The Balaban J connectivity index is 1.000. The number of likely N-dealkylation sites (tertiary alicyclic amines) is 1. The fraction of sp³-hybridized carbons (Fsp3) is 0.690.